The maximum atomic E-state index is 10.5. The summed E-state index contributed by atoms with van der Waals surface area (Å²) in [5.74, 6) is 0. The van der Waals surface area contributed by atoms with Crippen molar-refractivity contribution in [3.63, 3.8) is 0 Å². The third kappa shape index (κ3) is 4.50. The van der Waals surface area contributed by atoms with Crippen LogP contribution in [0.25, 0.3) is 0 Å². The molecule has 0 radical (unpaired) electrons. The third-order valence-corrected chi connectivity index (χ3v) is 3.05. The van der Waals surface area contributed by atoms with Crippen LogP contribution in [0.15, 0.2) is 29.4 Å². The lowest BCUT2D eigenvalue weighted by atomic mass is 10.0. The topological polar surface area (TPSA) is 96.0 Å². The maximum absolute atomic E-state index is 10.5. The van der Waals surface area contributed by atoms with Crippen LogP contribution < -0.4 is 0 Å². The minimum Gasteiger partial charge on any atom is -0.411 e. The predicted octanol–water partition coefficient (Wildman–Crippen LogP) is 2.89. The number of halogens is 3. The maximum Gasteiger partial charge on any atom is 0.269 e. The smallest absolute Gasteiger partial charge is 0.269 e. The molecule has 0 fully saturated rings. The molecule has 1 aromatic carbocycles. The largest absolute Gasteiger partial charge is 0.411 e. The Kier molecular flexibility index (Phi) is 5.37. The number of nitro groups is 1. The van der Waals surface area contributed by atoms with Gasteiger partial charge in [0.15, 0.2) is 0 Å². The summed E-state index contributed by atoms with van der Waals surface area (Å²) in [5.41, 5.74) is 0.318. The molecule has 0 bridgehead atoms. The first kappa shape index (κ1) is 16.0. The number of benzene rings is 1. The molecule has 6 nitrogen and oxygen atoms in total. The van der Waals surface area contributed by atoms with E-state index in [1.54, 1.807) is 0 Å². The van der Waals surface area contributed by atoms with E-state index in [9.17, 15) is 15.2 Å². The zero-order valence-electron chi connectivity index (χ0n) is 9.33. The van der Waals surface area contributed by atoms with Gasteiger partial charge < -0.3 is 10.3 Å². The van der Waals surface area contributed by atoms with Gasteiger partial charge in [0, 0.05) is 18.6 Å². The molecular weight excluding hydrogens is 318 g/mol. The summed E-state index contributed by atoms with van der Waals surface area (Å²) in [6.07, 6.45) is -1.59. The van der Waals surface area contributed by atoms with Crippen LogP contribution in [-0.2, 0) is 0 Å². The van der Waals surface area contributed by atoms with Gasteiger partial charge in [-0.15, -0.1) is 0 Å². The molecule has 0 aromatic heterocycles. The summed E-state index contributed by atoms with van der Waals surface area (Å²) in [4.78, 5) is 9.93. The summed E-state index contributed by atoms with van der Waals surface area (Å²) in [7, 11) is 0. The summed E-state index contributed by atoms with van der Waals surface area (Å²) in [6.45, 7) is 0. The molecule has 1 atom stereocenters. The third-order valence-electron chi connectivity index (χ3n) is 2.30. The van der Waals surface area contributed by atoms with Crippen molar-refractivity contribution < 1.29 is 15.2 Å². The first-order valence-electron chi connectivity index (χ1n) is 4.96. The van der Waals surface area contributed by atoms with Gasteiger partial charge >= 0.3 is 0 Å². The van der Waals surface area contributed by atoms with Crippen molar-refractivity contribution in [2.75, 3.05) is 0 Å². The Bertz CT molecular complexity index is 485. The number of nitro benzene ring substituents is 1. The molecular formula is C10H9Cl3N2O4. The molecule has 0 spiro atoms. The van der Waals surface area contributed by atoms with E-state index < -0.39 is 14.8 Å². The van der Waals surface area contributed by atoms with Gasteiger partial charge in [-0.05, 0) is 17.7 Å². The van der Waals surface area contributed by atoms with Crippen LogP contribution in [-0.4, -0.2) is 30.8 Å². The minimum atomic E-state index is -1.92. The van der Waals surface area contributed by atoms with E-state index in [-0.39, 0.29) is 17.8 Å². The average molecular weight is 328 g/mol. The lowest BCUT2D eigenvalue weighted by Gasteiger charge is -2.19. The van der Waals surface area contributed by atoms with Crippen LogP contribution in [0.1, 0.15) is 12.0 Å². The number of rotatable bonds is 4. The molecule has 0 aliphatic rings. The van der Waals surface area contributed by atoms with Crippen molar-refractivity contribution in [1.29, 1.82) is 0 Å². The van der Waals surface area contributed by atoms with Crippen LogP contribution in [0.4, 0.5) is 5.69 Å². The Morgan fingerprint density at radius 3 is 2.26 bits per heavy atom. The molecule has 0 saturated heterocycles. The number of aliphatic hydroxyl groups excluding tert-OH is 1. The lowest BCUT2D eigenvalue weighted by Crippen LogP contribution is -2.28. The highest BCUT2D eigenvalue weighted by Crippen LogP contribution is 2.32. The molecule has 0 amide bonds. The molecule has 1 rings (SSSR count). The van der Waals surface area contributed by atoms with Gasteiger partial charge in [-0.3, -0.25) is 10.1 Å². The monoisotopic (exact) mass is 326 g/mol. The second kappa shape index (κ2) is 6.38. The summed E-state index contributed by atoms with van der Waals surface area (Å²) < 4.78 is -1.92. The van der Waals surface area contributed by atoms with Gasteiger partial charge in [0.1, 0.15) is 6.10 Å². The van der Waals surface area contributed by atoms with Crippen molar-refractivity contribution in [1.82, 2.24) is 0 Å². The van der Waals surface area contributed by atoms with Gasteiger partial charge in [-0.2, -0.15) is 0 Å². The molecule has 1 unspecified atom stereocenters. The van der Waals surface area contributed by atoms with Crippen molar-refractivity contribution in [3.05, 3.63) is 39.9 Å². The Hall–Kier alpha value is -1.08. The first-order chi connectivity index (χ1) is 8.75. The Morgan fingerprint density at radius 2 is 1.89 bits per heavy atom. The molecule has 1 aromatic rings. The second-order valence-electron chi connectivity index (χ2n) is 3.61. The zero-order chi connectivity index (χ0) is 14.6. The fourth-order valence-electron chi connectivity index (χ4n) is 1.29. The number of non-ortho nitro benzene ring substituents is 1. The van der Waals surface area contributed by atoms with Crippen LogP contribution in [0.2, 0.25) is 0 Å². The van der Waals surface area contributed by atoms with Crippen LogP contribution in [0.3, 0.4) is 0 Å². The van der Waals surface area contributed by atoms with Crippen molar-refractivity contribution in [3.8, 4) is 0 Å². The highest BCUT2D eigenvalue weighted by molar-refractivity contribution is 6.68. The van der Waals surface area contributed by atoms with Crippen LogP contribution in [0.5, 0.6) is 0 Å². The highest BCUT2D eigenvalue weighted by Gasteiger charge is 2.32. The van der Waals surface area contributed by atoms with E-state index in [1.165, 1.54) is 24.3 Å². The molecule has 0 aliphatic carbocycles. The number of hydrogen-bond donors (Lipinski definition) is 2. The molecule has 9 heteroatoms. The standard InChI is InChI=1S/C10H9Cl3N2O4/c11-10(12,13)9(16)5-8(14-17)6-1-3-7(4-2-6)15(18)19/h1-4,9,16-17H,5H2/b14-8-. The quantitative estimate of drug-likeness (QED) is 0.292. The lowest BCUT2D eigenvalue weighted by molar-refractivity contribution is -0.384. The van der Waals surface area contributed by atoms with Gasteiger partial charge in [-0.25, -0.2) is 0 Å². The number of nitrogens with zero attached hydrogens (tertiary/aromatic N) is 2. The number of hydrogen-bond acceptors (Lipinski definition) is 5. The minimum absolute atomic E-state index is 0.0497. The van der Waals surface area contributed by atoms with E-state index in [0.29, 0.717) is 5.56 Å². The van der Waals surface area contributed by atoms with E-state index >= 15 is 0 Å². The number of aliphatic hydroxyl groups is 1. The van der Waals surface area contributed by atoms with E-state index in [2.05, 4.69) is 5.16 Å². The van der Waals surface area contributed by atoms with Gasteiger partial charge in [0.25, 0.3) is 5.69 Å². The number of oxime groups is 1. The van der Waals surface area contributed by atoms with Gasteiger partial charge in [0.2, 0.25) is 3.79 Å². The van der Waals surface area contributed by atoms with Crippen molar-refractivity contribution in [2.24, 2.45) is 5.16 Å². The number of alkyl halides is 3. The van der Waals surface area contributed by atoms with Gasteiger partial charge in [0.05, 0.1) is 10.6 Å². The van der Waals surface area contributed by atoms with Crippen molar-refractivity contribution >= 4 is 46.2 Å². The van der Waals surface area contributed by atoms with Crippen molar-refractivity contribution in [2.45, 2.75) is 16.3 Å². The first-order valence-corrected chi connectivity index (χ1v) is 6.09. The van der Waals surface area contributed by atoms with E-state index in [4.69, 9.17) is 40.0 Å². The normalized spacial score (nSPS) is 14.2. The summed E-state index contributed by atoms with van der Waals surface area (Å²) in [6, 6.07) is 5.22. The summed E-state index contributed by atoms with van der Waals surface area (Å²) in [5, 5.41) is 32.0. The summed E-state index contributed by atoms with van der Waals surface area (Å²) >= 11 is 16.5. The average Bonchev–Trinajstić information content (AvgIpc) is 2.34. The SMILES string of the molecule is O=[N+]([O-])c1ccc(/C(CC(O)C(Cl)(Cl)Cl)=N\O)cc1. The Morgan fingerprint density at radius 1 is 1.37 bits per heavy atom. The Balaban J connectivity index is 2.90. The van der Waals surface area contributed by atoms with E-state index in [1.807, 2.05) is 0 Å². The molecule has 0 saturated carbocycles. The zero-order valence-corrected chi connectivity index (χ0v) is 11.6. The molecule has 0 heterocycles. The Labute approximate surface area is 123 Å². The van der Waals surface area contributed by atoms with Gasteiger partial charge in [-0.1, -0.05) is 40.0 Å². The highest BCUT2D eigenvalue weighted by atomic mass is 35.6. The molecule has 2 N–H and O–H groups in total. The van der Waals surface area contributed by atoms with E-state index in [0.717, 1.165) is 0 Å². The molecule has 19 heavy (non-hydrogen) atoms. The fourth-order valence-corrected chi connectivity index (χ4v) is 1.52. The van der Waals surface area contributed by atoms with Crippen LogP contribution >= 0.6 is 34.8 Å². The molecule has 104 valence electrons. The van der Waals surface area contributed by atoms with Crippen LogP contribution in [0, 0.1) is 10.1 Å². The predicted molar refractivity (Wildman–Crippen MR) is 72.3 cm³/mol. The second-order valence-corrected chi connectivity index (χ2v) is 5.98. The molecule has 0 aliphatic heterocycles. The fraction of sp³-hybridized carbons (Fsp3) is 0.300.